The Morgan fingerprint density at radius 3 is 2.42 bits per heavy atom. The molecular formula is C23H36O3. The average Bonchev–Trinajstić information content (AvgIpc) is 2.57. The summed E-state index contributed by atoms with van der Waals surface area (Å²) in [4.78, 5) is 0. The molecule has 0 unspecified atom stereocenters. The molecule has 3 heteroatoms. The zero-order valence-electron chi connectivity index (χ0n) is 17.4. The lowest BCUT2D eigenvalue weighted by Crippen LogP contribution is -2.58. The number of rotatable bonds is 4. The Bertz CT molecular complexity index is 649. The number of methoxy groups -OCH3 is 2. The summed E-state index contributed by atoms with van der Waals surface area (Å²) < 4.78 is 11.1. The lowest BCUT2D eigenvalue weighted by atomic mass is 9.45. The molecule has 4 atom stereocenters. The number of aliphatic hydroxyl groups is 1. The molecule has 0 spiro atoms. The van der Waals surface area contributed by atoms with Crippen LogP contribution in [0.3, 0.4) is 0 Å². The highest BCUT2D eigenvalue weighted by atomic mass is 16.5. The Kier molecular flexibility index (Phi) is 5.07. The van der Waals surface area contributed by atoms with Gasteiger partial charge in [-0.2, -0.15) is 0 Å². The van der Waals surface area contributed by atoms with Gasteiger partial charge in [0.15, 0.2) is 0 Å². The zero-order chi connectivity index (χ0) is 19.2. The molecule has 146 valence electrons. The fraction of sp³-hybridized carbons (Fsp3) is 0.739. The minimum absolute atomic E-state index is 0.150. The van der Waals surface area contributed by atoms with Crippen molar-refractivity contribution in [3.8, 4) is 11.5 Å². The molecule has 0 aliphatic heterocycles. The monoisotopic (exact) mass is 360 g/mol. The van der Waals surface area contributed by atoms with Gasteiger partial charge in [0.25, 0.3) is 0 Å². The number of hydrogen-bond donors (Lipinski definition) is 1. The zero-order valence-corrected chi connectivity index (χ0v) is 17.4. The van der Waals surface area contributed by atoms with Crippen molar-refractivity contribution in [3.05, 3.63) is 23.8 Å². The Labute approximate surface area is 159 Å². The van der Waals surface area contributed by atoms with E-state index in [1.807, 2.05) is 19.1 Å². The van der Waals surface area contributed by atoms with Gasteiger partial charge in [-0.1, -0.05) is 27.2 Å². The molecule has 2 aliphatic carbocycles. The maximum Gasteiger partial charge on any atom is 0.122 e. The molecule has 26 heavy (non-hydrogen) atoms. The van der Waals surface area contributed by atoms with Crippen LogP contribution in [0, 0.1) is 22.7 Å². The summed E-state index contributed by atoms with van der Waals surface area (Å²) in [7, 11) is 3.42. The molecule has 2 fully saturated rings. The van der Waals surface area contributed by atoms with E-state index >= 15 is 0 Å². The van der Waals surface area contributed by atoms with Crippen LogP contribution in [-0.2, 0) is 6.42 Å². The number of hydrogen-bond acceptors (Lipinski definition) is 3. The van der Waals surface area contributed by atoms with Crippen LogP contribution in [0.2, 0.25) is 0 Å². The first-order valence-electron chi connectivity index (χ1n) is 10.1. The van der Waals surface area contributed by atoms with Crippen LogP contribution in [0.25, 0.3) is 0 Å². The first kappa shape index (κ1) is 19.5. The van der Waals surface area contributed by atoms with Gasteiger partial charge in [0.2, 0.25) is 0 Å². The van der Waals surface area contributed by atoms with E-state index in [2.05, 4.69) is 26.8 Å². The van der Waals surface area contributed by atoms with Crippen molar-refractivity contribution in [3.63, 3.8) is 0 Å². The Balaban J connectivity index is 2.01. The van der Waals surface area contributed by atoms with Crippen LogP contribution < -0.4 is 9.47 Å². The van der Waals surface area contributed by atoms with Crippen molar-refractivity contribution < 1.29 is 14.6 Å². The van der Waals surface area contributed by atoms with E-state index in [4.69, 9.17) is 9.47 Å². The van der Waals surface area contributed by atoms with Crippen molar-refractivity contribution in [1.82, 2.24) is 0 Å². The van der Waals surface area contributed by atoms with Crippen LogP contribution in [-0.4, -0.2) is 24.9 Å². The molecule has 0 heterocycles. The Morgan fingerprint density at radius 1 is 1.04 bits per heavy atom. The van der Waals surface area contributed by atoms with Crippen molar-refractivity contribution >= 4 is 0 Å². The Hall–Kier alpha value is -1.22. The molecule has 1 N–H and O–H groups in total. The summed E-state index contributed by atoms with van der Waals surface area (Å²) >= 11 is 0. The highest BCUT2D eigenvalue weighted by Gasteiger charge is 2.57. The predicted octanol–water partition coefficient (Wildman–Crippen LogP) is 5.24. The summed E-state index contributed by atoms with van der Waals surface area (Å²) in [6.07, 6.45) is 6.59. The molecule has 0 bridgehead atoms. The van der Waals surface area contributed by atoms with Gasteiger partial charge >= 0.3 is 0 Å². The predicted molar refractivity (Wildman–Crippen MR) is 106 cm³/mol. The minimum Gasteiger partial charge on any atom is -0.497 e. The van der Waals surface area contributed by atoms with E-state index in [1.165, 1.54) is 19.3 Å². The van der Waals surface area contributed by atoms with Crippen molar-refractivity contribution in [2.24, 2.45) is 22.7 Å². The second-order valence-electron chi connectivity index (χ2n) is 9.73. The molecule has 0 amide bonds. The smallest absolute Gasteiger partial charge is 0.122 e. The summed E-state index contributed by atoms with van der Waals surface area (Å²) in [6, 6.07) is 6.00. The molecule has 3 nitrogen and oxygen atoms in total. The summed E-state index contributed by atoms with van der Waals surface area (Å²) in [5, 5.41) is 11.4. The lowest BCUT2D eigenvalue weighted by molar-refractivity contribution is -0.166. The molecule has 2 saturated carbocycles. The van der Waals surface area contributed by atoms with Gasteiger partial charge in [0, 0.05) is 0 Å². The fourth-order valence-corrected chi connectivity index (χ4v) is 6.34. The van der Waals surface area contributed by atoms with E-state index < -0.39 is 5.60 Å². The molecule has 1 aromatic rings. The third-order valence-corrected chi connectivity index (χ3v) is 7.67. The van der Waals surface area contributed by atoms with E-state index in [0.717, 1.165) is 36.3 Å². The summed E-state index contributed by atoms with van der Waals surface area (Å²) in [5.74, 6) is 2.62. The molecular weight excluding hydrogens is 324 g/mol. The van der Waals surface area contributed by atoms with Crippen LogP contribution >= 0.6 is 0 Å². The number of benzene rings is 1. The SMILES string of the molecule is COc1ccc(OC)c(C[C@H]2[C@]3(C)CCCC(C)(C)[C@H]3CC[C@]2(C)O)c1. The van der Waals surface area contributed by atoms with Gasteiger partial charge in [-0.05, 0) is 85.5 Å². The largest absolute Gasteiger partial charge is 0.497 e. The maximum atomic E-state index is 11.4. The third kappa shape index (κ3) is 3.24. The molecule has 0 saturated heterocycles. The molecule has 2 aliphatic rings. The normalized spacial score (nSPS) is 36.3. The van der Waals surface area contributed by atoms with Gasteiger partial charge in [-0.25, -0.2) is 0 Å². The van der Waals surface area contributed by atoms with Crippen molar-refractivity contribution in [2.45, 2.75) is 71.8 Å². The maximum absolute atomic E-state index is 11.4. The van der Waals surface area contributed by atoms with Crippen LogP contribution in [0.4, 0.5) is 0 Å². The summed E-state index contributed by atoms with van der Waals surface area (Å²) in [6.45, 7) is 9.34. The minimum atomic E-state index is -0.646. The van der Waals surface area contributed by atoms with Crippen LogP contribution in [0.1, 0.15) is 65.4 Å². The fourth-order valence-electron chi connectivity index (χ4n) is 6.34. The van der Waals surface area contributed by atoms with E-state index in [1.54, 1.807) is 14.2 Å². The van der Waals surface area contributed by atoms with Gasteiger partial charge in [0.1, 0.15) is 11.5 Å². The third-order valence-electron chi connectivity index (χ3n) is 7.67. The van der Waals surface area contributed by atoms with Crippen molar-refractivity contribution in [2.75, 3.05) is 14.2 Å². The quantitative estimate of drug-likeness (QED) is 0.798. The standard InChI is InChI=1S/C23H36O3/c1-21(2)11-7-12-22(3)19(21)10-13-23(4,24)20(22)15-16-14-17(25-5)8-9-18(16)26-6/h8-9,14,19-20,24H,7,10-13,15H2,1-6H3/t19-,20+,22-,23+/m1/s1. The Morgan fingerprint density at radius 2 is 1.77 bits per heavy atom. The average molecular weight is 361 g/mol. The lowest BCUT2D eigenvalue weighted by Gasteiger charge is -2.61. The topological polar surface area (TPSA) is 38.7 Å². The second-order valence-corrected chi connectivity index (χ2v) is 9.73. The number of fused-ring (bicyclic) bond motifs is 1. The highest BCUT2D eigenvalue weighted by Crippen LogP contribution is 2.62. The van der Waals surface area contributed by atoms with Crippen molar-refractivity contribution in [1.29, 1.82) is 0 Å². The van der Waals surface area contributed by atoms with Gasteiger partial charge < -0.3 is 14.6 Å². The van der Waals surface area contributed by atoms with Crippen LogP contribution in [0.15, 0.2) is 18.2 Å². The highest BCUT2D eigenvalue weighted by molar-refractivity contribution is 5.41. The first-order chi connectivity index (χ1) is 12.1. The van der Waals surface area contributed by atoms with E-state index in [-0.39, 0.29) is 11.3 Å². The molecule has 0 radical (unpaired) electrons. The molecule has 1 aromatic carbocycles. The van der Waals surface area contributed by atoms with E-state index in [0.29, 0.717) is 11.3 Å². The van der Waals surface area contributed by atoms with Gasteiger partial charge in [-0.15, -0.1) is 0 Å². The molecule has 0 aromatic heterocycles. The van der Waals surface area contributed by atoms with Crippen LogP contribution in [0.5, 0.6) is 11.5 Å². The van der Waals surface area contributed by atoms with E-state index in [9.17, 15) is 5.11 Å². The second kappa shape index (κ2) is 6.74. The van der Waals surface area contributed by atoms with Gasteiger partial charge in [-0.3, -0.25) is 0 Å². The van der Waals surface area contributed by atoms with Gasteiger partial charge in [0.05, 0.1) is 19.8 Å². The molecule has 3 rings (SSSR count). The number of ether oxygens (including phenoxy) is 2. The summed E-state index contributed by atoms with van der Waals surface area (Å²) in [5.41, 5.74) is 0.993. The first-order valence-corrected chi connectivity index (χ1v) is 10.1.